The van der Waals surface area contributed by atoms with Crippen molar-refractivity contribution >= 4 is 0 Å². The first-order valence-electron chi connectivity index (χ1n) is 9.62. The predicted molar refractivity (Wildman–Crippen MR) is 105 cm³/mol. The van der Waals surface area contributed by atoms with Gasteiger partial charge in [-0.15, -0.1) is 0 Å². The quantitative estimate of drug-likeness (QED) is 0.652. The maximum atomic E-state index is 3.58. The van der Waals surface area contributed by atoms with Gasteiger partial charge in [0.1, 0.15) is 0 Å². The van der Waals surface area contributed by atoms with Crippen molar-refractivity contribution in [3.05, 3.63) is 71.8 Å². The SMILES string of the molecule is c1ccc(CNCCC2CCN(CCNCc3ccccc3)C2)cc1. The van der Waals surface area contributed by atoms with E-state index in [9.17, 15) is 0 Å². The Hall–Kier alpha value is -1.68. The molecule has 0 saturated carbocycles. The molecule has 0 spiro atoms. The van der Waals surface area contributed by atoms with Gasteiger partial charge >= 0.3 is 0 Å². The molecule has 3 rings (SSSR count). The molecule has 0 bridgehead atoms. The molecule has 1 fully saturated rings. The van der Waals surface area contributed by atoms with E-state index in [1.165, 1.54) is 43.6 Å². The van der Waals surface area contributed by atoms with E-state index in [1.807, 2.05) is 0 Å². The molecule has 2 aromatic rings. The summed E-state index contributed by atoms with van der Waals surface area (Å²) in [6.07, 6.45) is 2.65. The Bertz CT molecular complexity index is 531. The van der Waals surface area contributed by atoms with Gasteiger partial charge in [0.05, 0.1) is 0 Å². The van der Waals surface area contributed by atoms with E-state index in [0.717, 1.165) is 32.1 Å². The molecule has 25 heavy (non-hydrogen) atoms. The minimum absolute atomic E-state index is 0.859. The Balaban J connectivity index is 1.22. The molecule has 1 aliphatic heterocycles. The molecule has 134 valence electrons. The molecular formula is C22H31N3. The lowest BCUT2D eigenvalue weighted by molar-refractivity contribution is 0.317. The van der Waals surface area contributed by atoms with Crippen LogP contribution in [-0.2, 0) is 13.1 Å². The van der Waals surface area contributed by atoms with Gasteiger partial charge in [-0.25, -0.2) is 0 Å². The van der Waals surface area contributed by atoms with E-state index < -0.39 is 0 Å². The molecule has 0 amide bonds. The summed E-state index contributed by atoms with van der Waals surface area (Å²) < 4.78 is 0. The number of rotatable bonds is 10. The zero-order valence-electron chi connectivity index (χ0n) is 15.2. The molecule has 1 unspecified atom stereocenters. The second-order valence-corrected chi connectivity index (χ2v) is 7.07. The van der Waals surface area contributed by atoms with E-state index in [2.05, 4.69) is 76.2 Å². The van der Waals surface area contributed by atoms with Crippen LogP contribution in [0.3, 0.4) is 0 Å². The molecule has 0 aliphatic carbocycles. The largest absolute Gasteiger partial charge is 0.313 e. The fourth-order valence-electron chi connectivity index (χ4n) is 3.55. The second-order valence-electron chi connectivity index (χ2n) is 7.07. The minimum atomic E-state index is 0.859. The molecule has 2 N–H and O–H groups in total. The molecule has 2 aromatic carbocycles. The highest BCUT2D eigenvalue weighted by atomic mass is 15.2. The number of nitrogens with one attached hydrogen (secondary N) is 2. The summed E-state index contributed by atoms with van der Waals surface area (Å²) in [6.45, 7) is 7.85. The van der Waals surface area contributed by atoms with Gasteiger partial charge in [0.15, 0.2) is 0 Å². The molecule has 1 aliphatic rings. The Kier molecular flexibility index (Phi) is 7.50. The van der Waals surface area contributed by atoms with E-state index >= 15 is 0 Å². The molecule has 0 radical (unpaired) electrons. The van der Waals surface area contributed by atoms with E-state index in [0.29, 0.717) is 0 Å². The van der Waals surface area contributed by atoms with Crippen LogP contribution in [0.1, 0.15) is 24.0 Å². The van der Waals surface area contributed by atoms with Gasteiger partial charge in [-0.2, -0.15) is 0 Å². The third-order valence-corrected chi connectivity index (χ3v) is 5.05. The predicted octanol–water partition coefficient (Wildman–Crippen LogP) is 3.28. The average molecular weight is 338 g/mol. The first-order valence-corrected chi connectivity index (χ1v) is 9.62. The Morgan fingerprint density at radius 3 is 2.04 bits per heavy atom. The molecule has 0 aromatic heterocycles. The molecule has 1 saturated heterocycles. The molecular weight excluding hydrogens is 306 g/mol. The zero-order valence-corrected chi connectivity index (χ0v) is 15.2. The maximum Gasteiger partial charge on any atom is 0.0206 e. The van der Waals surface area contributed by atoms with Crippen molar-refractivity contribution in [1.82, 2.24) is 15.5 Å². The van der Waals surface area contributed by atoms with Crippen LogP contribution in [-0.4, -0.2) is 37.6 Å². The molecule has 1 heterocycles. The normalized spacial score (nSPS) is 17.8. The summed E-state index contributed by atoms with van der Waals surface area (Å²) in [7, 11) is 0. The third-order valence-electron chi connectivity index (χ3n) is 5.05. The van der Waals surface area contributed by atoms with Crippen molar-refractivity contribution in [3.63, 3.8) is 0 Å². The van der Waals surface area contributed by atoms with Crippen molar-refractivity contribution < 1.29 is 0 Å². The van der Waals surface area contributed by atoms with Gasteiger partial charge in [-0.05, 0) is 43.0 Å². The fraction of sp³-hybridized carbons (Fsp3) is 0.455. The smallest absolute Gasteiger partial charge is 0.0206 e. The lowest BCUT2D eigenvalue weighted by Gasteiger charge is -2.16. The van der Waals surface area contributed by atoms with Gasteiger partial charge in [0.25, 0.3) is 0 Å². The number of nitrogens with zero attached hydrogens (tertiary/aromatic N) is 1. The summed E-state index contributed by atoms with van der Waals surface area (Å²) in [5.41, 5.74) is 2.74. The van der Waals surface area contributed by atoms with Crippen LogP contribution in [0.4, 0.5) is 0 Å². The molecule has 3 nitrogen and oxygen atoms in total. The van der Waals surface area contributed by atoms with Gasteiger partial charge in [-0.3, -0.25) is 0 Å². The van der Waals surface area contributed by atoms with Crippen molar-refractivity contribution in [2.45, 2.75) is 25.9 Å². The zero-order chi connectivity index (χ0) is 17.2. The lowest BCUT2D eigenvalue weighted by Crippen LogP contribution is -2.30. The Labute approximate surface area is 152 Å². The van der Waals surface area contributed by atoms with E-state index in [1.54, 1.807) is 0 Å². The van der Waals surface area contributed by atoms with Crippen LogP contribution >= 0.6 is 0 Å². The van der Waals surface area contributed by atoms with Crippen LogP contribution in [0.2, 0.25) is 0 Å². The first kappa shape index (κ1) is 18.1. The van der Waals surface area contributed by atoms with Crippen molar-refractivity contribution in [1.29, 1.82) is 0 Å². The number of benzene rings is 2. The maximum absolute atomic E-state index is 3.58. The Morgan fingerprint density at radius 2 is 1.40 bits per heavy atom. The number of hydrogen-bond donors (Lipinski definition) is 2. The monoisotopic (exact) mass is 337 g/mol. The third kappa shape index (κ3) is 6.62. The van der Waals surface area contributed by atoms with Crippen LogP contribution in [0.25, 0.3) is 0 Å². The highest BCUT2D eigenvalue weighted by Crippen LogP contribution is 2.18. The van der Waals surface area contributed by atoms with Gasteiger partial charge in [0, 0.05) is 32.7 Å². The van der Waals surface area contributed by atoms with Crippen LogP contribution in [0.15, 0.2) is 60.7 Å². The topological polar surface area (TPSA) is 27.3 Å². The van der Waals surface area contributed by atoms with Crippen LogP contribution in [0, 0.1) is 5.92 Å². The number of hydrogen-bond acceptors (Lipinski definition) is 3. The van der Waals surface area contributed by atoms with Crippen molar-refractivity contribution in [2.75, 3.05) is 32.7 Å². The standard InChI is InChI=1S/C22H31N3/c1-3-7-20(8-4-1)17-23-13-11-22-12-15-25(19-22)16-14-24-18-21-9-5-2-6-10-21/h1-10,22-24H,11-19H2. The highest BCUT2D eigenvalue weighted by Gasteiger charge is 2.21. The summed E-state index contributed by atoms with van der Waals surface area (Å²) >= 11 is 0. The fourth-order valence-corrected chi connectivity index (χ4v) is 3.55. The Morgan fingerprint density at radius 1 is 0.800 bits per heavy atom. The second kappa shape index (κ2) is 10.3. The average Bonchev–Trinajstić information content (AvgIpc) is 3.12. The van der Waals surface area contributed by atoms with Crippen LogP contribution in [0.5, 0.6) is 0 Å². The summed E-state index contributed by atoms with van der Waals surface area (Å²) in [5.74, 6) is 0.859. The van der Waals surface area contributed by atoms with E-state index in [-0.39, 0.29) is 0 Å². The number of likely N-dealkylation sites (tertiary alicyclic amines) is 1. The highest BCUT2D eigenvalue weighted by molar-refractivity contribution is 5.14. The van der Waals surface area contributed by atoms with Gasteiger partial charge in [0.2, 0.25) is 0 Å². The lowest BCUT2D eigenvalue weighted by atomic mass is 10.1. The minimum Gasteiger partial charge on any atom is -0.313 e. The summed E-state index contributed by atoms with van der Waals surface area (Å²) in [5, 5.41) is 7.14. The summed E-state index contributed by atoms with van der Waals surface area (Å²) in [6, 6.07) is 21.3. The van der Waals surface area contributed by atoms with Crippen molar-refractivity contribution in [2.24, 2.45) is 5.92 Å². The molecule has 1 atom stereocenters. The molecule has 3 heteroatoms. The first-order chi connectivity index (χ1) is 12.4. The summed E-state index contributed by atoms with van der Waals surface area (Å²) in [4.78, 5) is 2.61. The van der Waals surface area contributed by atoms with Gasteiger partial charge < -0.3 is 15.5 Å². The van der Waals surface area contributed by atoms with Crippen molar-refractivity contribution in [3.8, 4) is 0 Å². The van der Waals surface area contributed by atoms with E-state index in [4.69, 9.17) is 0 Å². The van der Waals surface area contributed by atoms with Crippen LogP contribution < -0.4 is 10.6 Å². The van der Waals surface area contributed by atoms with Gasteiger partial charge in [-0.1, -0.05) is 60.7 Å².